The zero-order chi connectivity index (χ0) is 21.3. The van der Waals surface area contributed by atoms with Crippen molar-refractivity contribution in [2.75, 3.05) is 53.0 Å². The third-order valence-electron chi connectivity index (χ3n) is 5.29. The molecule has 0 atom stereocenters. The molecule has 4 N–H and O–H groups in total. The molecule has 30 heavy (non-hydrogen) atoms. The van der Waals surface area contributed by atoms with Crippen molar-refractivity contribution in [2.45, 2.75) is 6.42 Å². The fourth-order valence-electron chi connectivity index (χ4n) is 3.71. The fraction of sp³-hybridized carbons (Fsp3) is 0.350. The number of halogens is 2. The predicted molar refractivity (Wildman–Crippen MR) is 128 cm³/mol. The van der Waals surface area contributed by atoms with Crippen molar-refractivity contribution in [3.05, 3.63) is 51.5 Å². The maximum absolute atomic E-state index is 12.8. The number of nitrogens with zero attached hydrogens (tertiary/aromatic N) is 2. The van der Waals surface area contributed by atoms with Crippen LogP contribution in [-0.4, -0.2) is 53.5 Å². The van der Waals surface area contributed by atoms with E-state index in [9.17, 15) is 13.9 Å². The number of carbonyl (C=O) groups is 1. The van der Waals surface area contributed by atoms with Gasteiger partial charge >= 0.3 is 0 Å². The molecule has 1 amide bonds. The van der Waals surface area contributed by atoms with Crippen molar-refractivity contribution in [1.29, 1.82) is 0 Å². The van der Waals surface area contributed by atoms with E-state index in [-0.39, 0.29) is 5.91 Å². The Morgan fingerprint density at radius 3 is 2.47 bits per heavy atom. The number of nitrogens with one attached hydrogen (secondary N) is 2. The van der Waals surface area contributed by atoms with Crippen LogP contribution in [0.4, 0.5) is 17.1 Å². The molecule has 0 unspecified atom stereocenters. The van der Waals surface area contributed by atoms with Crippen molar-refractivity contribution in [2.24, 2.45) is 0 Å². The molecule has 0 bridgehead atoms. The molecule has 2 aliphatic rings. The van der Waals surface area contributed by atoms with Gasteiger partial charge in [0.25, 0.3) is 5.91 Å². The Morgan fingerprint density at radius 2 is 1.83 bits per heavy atom. The molecule has 0 aromatic heterocycles. The molecule has 0 saturated carbocycles. The minimum atomic E-state index is -2.74. The van der Waals surface area contributed by atoms with Crippen LogP contribution in [0.5, 0.6) is 0 Å². The molecule has 2 aromatic carbocycles. The van der Waals surface area contributed by atoms with Crippen molar-refractivity contribution in [3.8, 4) is 0 Å². The Morgan fingerprint density at radius 1 is 1.13 bits per heavy atom. The first-order valence-electron chi connectivity index (χ1n) is 9.75. The first-order valence-corrected chi connectivity index (χ1v) is 12.6. The maximum Gasteiger partial charge on any atom is 0.255 e. The number of anilines is 3. The van der Waals surface area contributed by atoms with Crippen LogP contribution in [0.3, 0.4) is 0 Å². The van der Waals surface area contributed by atoms with Crippen LogP contribution in [0.1, 0.15) is 16.8 Å². The first-order chi connectivity index (χ1) is 14.3. The van der Waals surface area contributed by atoms with Gasteiger partial charge in [-0.3, -0.25) is 18.2 Å². The predicted octanol–water partition coefficient (Wildman–Crippen LogP) is 4.64. The Labute approximate surface area is 191 Å². The number of carbonyl (C=O) groups excluding carboxylic acids is 1. The van der Waals surface area contributed by atoms with E-state index >= 15 is 0 Å². The van der Waals surface area contributed by atoms with Gasteiger partial charge in [0.1, 0.15) is 0 Å². The molecule has 10 heteroatoms. The van der Waals surface area contributed by atoms with Crippen LogP contribution in [-0.2, 0) is 0 Å². The SMILES string of the molecule is O=C(Nc1cc(N2CCNCC2)c(Cl)cc1Br)c1ccc(N2CCCS2(O)O)cc1. The molecule has 2 heterocycles. The topological polar surface area (TPSA) is 88.1 Å². The molecule has 162 valence electrons. The van der Waals surface area contributed by atoms with E-state index in [0.29, 0.717) is 38.7 Å². The third-order valence-corrected chi connectivity index (χ3v) is 8.19. The van der Waals surface area contributed by atoms with Gasteiger partial charge in [0.05, 0.1) is 27.8 Å². The molecule has 2 fully saturated rings. The smallest absolute Gasteiger partial charge is 0.255 e. The van der Waals surface area contributed by atoms with Crippen LogP contribution >= 0.6 is 38.3 Å². The highest BCUT2D eigenvalue weighted by molar-refractivity contribution is 9.10. The molecule has 4 rings (SSSR count). The summed E-state index contributed by atoms with van der Waals surface area (Å²) in [6.45, 7) is 4.09. The molecule has 2 aliphatic heterocycles. The minimum absolute atomic E-state index is 0.246. The Balaban J connectivity index is 1.51. The monoisotopic (exact) mass is 514 g/mol. The van der Waals surface area contributed by atoms with E-state index in [1.54, 1.807) is 34.6 Å². The second kappa shape index (κ2) is 8.94. The lowest BCUT2D eigenvalue weighted by Gasteiger charge is -2.38. The van der Waals surface area contributed by atoms with Gasteiger partial charge in [0.15, 0.2) is 0 Å². The highest BCUT2D eigenvalue weighted by Gasteiger charge is 2.29. The van der Waals surface area contributed by atoms with Crippen LogP contribution in [0.15, 0.2) is 40.9 Å². The summed E-state index contributed by atoms with van der Waals surface area (Å²) in [6, 6.07) is 10.6. The zero-order valence-corrected chi connectivity index (χ0v) is 19.4. The van der Waals surface area contributed by atoms with E-state index < -0.39 is 10.8 Å². The van der Waals surface area contributed by atoms with Gasteiger partial charge < -0.3 is 15.5 Å². The lowest BCUT2D eigenvalue weighted by atomic mass is 10.1. The van der Waals surface area contributed by atoms with E-state index in [1.165, 1.54) is 0 Å². The number of benzene rings is 2. The molecular formula is C20H24BrClN4O3S. The summed E-state index contributed by atoms with van der Waals surface area (Å²) >= 11 is 9.93. The minimum Gasteiger partial charge on any atom is -0.368 e. The summed E-state index contributed by atoms with van der Waals surface area (Å²) in [7, 11) is -2.74. The van der Waals surface area contributed by atoms with E-state index in [1.807, 2.05) is 6.07 Å². The molecular weight excluding hydrogens is 492 g/mol. The van der Waals surface area contributed by atoms with Crippen molar-refractivity contribution < 1.29 is 13.9 Å². The van der Waals surface area contributed by atoms with Crippen LogP contribution in [0.25, 0.3) is 0 Å². The maximum atomic E-state index is 12.8. The molecule has 0 aliphatic carbocycles. The largest absolute Gasteiger partial charge is 0.368 e. The lowest BCUT2D eigenvalue weighted by molar-refractivity contribution is 0.102. The van der Waals surface area contributed by atoms with Gasteiger partial charge in [-0.05, 0) is 58.7 Å². The van der Waals surface area contributed by atoms with Crippen molar-refractivity contribution >= 4 is 61.3 Å². The quantitative estimate of drug-likeness (QED) is 0.474. The van der Waals surface area contributed by atoms with Crippen molar-refractivity contribution in [3.63, 3.8) is 0 Å². The molecule has 0 spiro atoms. The molecule has 2 aromatic rings. The summed E-state index contributed by atoms with van der Waals surface area (Å²) in [6.07, 6.45) is 0.741. The number of amides is 1. The van der Waals surface area contributed by atoms with Gasteiger partial charge in [-0.15, -0.1) is 10.8 Å². The normalized spacial score (nSPS) is 19.6. The Bertz CT molecular complexity index is 938. The van der Waals surface area contributed by atoms with Gasteiger partial charge in [-0.25, -0.2) is 0 Å². The fourth-order valence-corrected chi connectivity index (χ4v) is 6.19. The highest BCUT2D eigenvalue weighted by Crippen LogP contribution is 2.50. The van der Waals surface area contributed by atoms with Gasteiger partial charge in [0.2, 0.25) is 0 Å². The van der Waals surface area contributed by atoms with Crippen LogP contribution in [0.2, 0.25) is 5.02 Å². The number of hydrogen-bond acceptors (Lipinski definition) is 6. The van der Waals surface area contributed by atoms with Gasteiger partial charge in [-0.2, -0.15) is 0 Å². The van der Waals surface area contributed by atoms with E-state index in [2.05, 4.69) is 31.5 Å². The second-order valence-electron chi connectivity index (χ2n) is 7.31. The van der Waals surface area contributed by atoms with Crippen LogP contribution in [0, 0.1) is 0 Å². The lowest BCUT2D eigenvalue weighted by Crippen LogP contribution is -2.43. The first kappa shape index (κ1) is 21.7. The Hall–Kier alpha value is -1.49. The standard InChI is InChI=1S/C20H24BrClN4O3S/c21-16-12-17(22)19(25-9-6-23-7-10-25)13-18(16)24-20(27)14-2-4-15(5-3-14)26-8-1-11-30(26,28)29/h2-5,12-13,23,28-29H,1,6-11H2,(H,24,27). The van der Waals surface area contributed by atoms with Crippen molar-refractivity contribution in [1.82, 2.24) is 5.32 Å². The molecule has 7 nitrogen and oxygen atoms in total. The summed E-state index contributed by atoms with van der Waals surface area (Å²) in [5.74, 6) is 0.138. The van der Waals surface area contributed by atoms with Crippen LogP contribution < -0.4 is 19.8 Å². The Kier molecular flexibility index (Phi) is 6.47. The molecule has 2 saturated heterocycles. The van der Waals surface area contributed by atoms with E-state index in [0.717, 1.165) is 38.3 Å². The average molecular weight is 516 g/mol. The summed E-state index contributed by atoms with van der Waals surface area (Å²) in [4.78, 5) is 15.0. The summed E-state index contributed by atoms with van der Waals surface area (Å²) in [5, 5.41) is 6.90. The van der Waals surface area contributed by atoms with Gasteiger partial charge in [-0.1, -0.05) is 11.6 Å². The summed E-state index contributed by atoms with van der Waals surface area (Å²) < 4.78 is 22.6. The molecule has 0 radical (unpaired) electrons. The average Bonchev–Trinajstić information content (AvgIpc) is 3.09. The zero-order valence-electron chi connectivity index (χ0n) is 16.3. The number of rotatable bonds is 4. The second-order valence-corrected chi connectivity index (χ2v) is 10.7. The number of piperazine rings is 1. The summed E-state index contributed by atoms with van der Waals surface area (Å²) in [5.41, 5.74) is 2.74. The number of hydrogen-bond donors (Lipinski definition) is 4. The van der Waals surface area contributed by atoms with E-state index in [4.69, 9.17) is 11.6 Å². The van der Waals surface area contributed by atoms with Gasteiger partial charge in [0, 0.05) is 42.8 Å². The third kappa shape index (κ3) is 4.56. The highest BCUT2D eigenvalue weighted by atomic mass is 79.9.